The van der Waals surface area contributed by atoms with Gasteiger partial charge in [-0.05, 0) is 25.1 Å². The molecule has 0 aliphatic heterocycles. The summed E-state index contributed by atoms with van der Waals surface area (Å²) >= 11 is 0.996. The van der Waals surface area contributed by atoms with Crippen LogP contribution < -0.4 is 11.0 Å². The molecule has 7 nitrogen and oxygen atoms in total. The molecule has 0 bridgehead atoms. The molecule has 2 aromatic heterocycles. The summed E-state index contributed by atoms with van der Waals surface area (Å²) in [6.07, 6.45) is 1.88. The molecule has 0 aromatic carbocycles. The lowest BCUT2D eigenvalue weighted by Gasteiger charge is -2.06. The Morgan fingerprint density at radius 1 is 1.50 bits per heavy atom. The number of halogens is 1. The first-order valence-electron chi connectivity index (χ1n) is 6.25. The van der Waals surface area contributed by atoms with Gasteiger partial charge < -0.3 is 5.32 Å². The van der Waals surface area contributed by atoms with Crippen LogP contribution in [0.5, 0.6) is 0 Å². The van der Waals surface area contributed by atoms with Crippen molar-refractivity contribution in [1.29, 1.82) is 0 Å². The highest BCUT2D eigenvalue weighted by molar-refractivity contribution is 7.99. The third-order valence-electron chi connectivity index (χ3n) is 2.41. The van der Waals surface area contributed by atoms with Gasteiger partial charge in [-0.25, -0.2) is 24.3 Å². The molecule has 0 unspecified atom stereocenters. The normalized spacial score (nSPS) is 10.8. The maximum absolute atomic E-state index is 13.7. The molecular weight excluding hydrogens is 283 g/mol. The molecule has 0 saturated carbocycles. The Balaban J connectivity index is 2.29. The quantitative estimate of drug-likeness (QED) is 0.786. The molecule has 20 heavy (non-hydrogen) atoms. The average Bonchev–Trinajstić information content (AvgIpc) is 2.76. The van der Waals surface area contributed by atoms with Gasteiger partial charge in [-0.15, -0.1) is 5.10 Å². The highest BCUT2D eigenvalue weighted by atomic mass is 32.2. The molecule has 0 aliphatic carbocycles. The molecule has 2 rings (SSSR count). The van der Waals surface area contributed by atoms with Gasteiger partial charge in [0.15, 0.2) is 11.0 Å². The van der Waals surface area contributed by atoms with Gasteiger partial charge in [0.1, 0.15) is 5.03 Å². The smallest absolute Gasteiger partial charge is 0.343 e. The van der Waals surface area contributed by atoms with E-state index >= 15 is 0 Å². The second-order valence-electron chi connectivity index (χ2n) is 3.94. The summed E-state index contributed by atoms with van der Waals surface area (Å²) in [5.41, 5.74) is -0.310. The molecule has 0 saturated heterocycles. The maximum atomic E-state index is 13.7. The van der Waals surface area contributed by atoms with Crippen LogP contribution in [0.4, 0.5) is 10.3 Å². The van der Waals surface area contributed by atoms with E-state index in [4.69, 9.17) is 0 Å². The van der Waals surface area contributed by atoms with Crippen LogP contribution in [0.25, 0.3) is 0 Å². The molecular formula is C11H15FN6OS. The fourth-order valence-electron chi connectivity index (χ4n) is 1.55. The molecule has 9 heteroatoms. The Hall–Kier alpha value is -1.90. The SMILES string of the molecule is CCCn1c(Sc2nc(NCC)ncc2F)n[nH]c1=O. The number of rotatable bonds is 6. The predicted octanol–water partition coefficient (Wildman–Crippen LogP) is 1.49. The van der Waals surface area contributed by atoms with E-state index in [1.54, 1.807) is 0 Å². The van der Waals surface area contributed by atoms with Crippen LogP contribution in [0, 0.1) is 5.82 Å². The number of aromatic nitrogens is 5. The highest BCUT2D eigenvalue weighted by Gasteiger charge is 2.14. The maximum Gasteiger partial charge on any atom is 0.343 e. The van der Waals surface area contributed by atoms with Gasteiger partial charge in [0.25, 0.3) is 0 Å². The molecule has 0 radical (unpaired) electrons. The van der Waals surface area contributed by atoms with E-state index in [1.807, 2.05) is 13.8 Å². The number of hydrogen-bond acceptors (Lipinski definition) is 6. The first-order chi connectivity index (χ1) is 9.65. The van der Waals surface area contributed by atoms with Gasteiger partial charge in [-0.3, -0.25) is 4.57 Å². The van der Waals surface area contributed by atoms with Gasteiger partial charge in [0.05, 0.1) is 6.20 Å². The standard InChI is InChI=1S/C11H15FN6OS/c1-3-5-18-10(19)16-17-11(18)20-8-7(12)6-14-9(15-8)13-4-2/h6H,3-5H2,1-2H3,(H,16,19)(H,13,14,15). The third kappa shape index (κ3) is 3.16. The van der Waals surface area contributed by atoms with Crippen molar-refractivity contribution in [3.8, 4) is 0 Å². The lowest BCUT2D eigenvalue weighted by atomic mass is 10.5. The summed E-state index contributed by atoms with van der Waals surface area (Å²) in [4.78, 5) is 19.5. The summed E-state index contributed by atoms with van der Waals surface area (Å²) in [5, 5.41) is 9.67. The zero-order chi connectivity index (χ0) is 14.5. The first kappa shape index (κ1) is 14.5. The molecule has 108 valence electrons. The van der Waals surface area contributed by atoms with E-state index in [0.717, 1.165) is 24.4 Å². The minimum absolute atomic E-state index is 0.132. The monoisotopic (exact) mass is 298 g/mol. The minimum atomic E-state index is -0.546. The summed E-state index contributed by atoms with van der Waals surface area (Å²) in [6, 6.07) is 0. The van der Waals surface area contributed by atoms with Crippen molar-refractivity contribution in [3.63, 3.8) is 0 Å². The summed E-state index contributed by atoms with van der Waals surface area (Å²) in [6.45, 7) is 5.00. The Morgan fingerprint density at radius 2 is 2.30 bits per heavy atom. The molecule has 0 fully saturated rings. The van der Waals surface area contributed by atoms with Gasteiger partial charge in [-0.1, -0.05) is 6.92 Å². The number of aromatic amines is 1. The van der Waals surface area contributed by atoms with Gasteiger partial charge in [0, 0.05) is 13.1 Å². The van der Waals surface area contributed by atoms with E-state index in [2.05, 4.69) is 25.5 Å². The van der Waals surface area contributed by atoms with Crippen molar-refractivity contribution in [2.75, 3.05) is 11.9 Å². The van der Waals surface area contributed by atoms with Crippen LogP contribution in [0.3, 0.4) is 0 Å². The van der Waals surface area contributed by atoms with Crippen molar-refractivity contribution >= 4 is 17.7 Å². The van der Waals surface area contributed by atoms with E-state index in [0.29, 0.717) is 24.2 Å². The third-order valence-corrected chi connectivity index (χ3v) is 3.38. The molecule has 0 amide bonds. The Morgan fingerprint density at radius 3 is 3.00 bits per heavy atom. The molecule has 2 aromatic rings. The topological polar surface area (TPSA) is 88.5 Å². The Labute approximate surface area is 119 Å². The van der Waals surface area contributed by atoms with Gasteiger partial charge in [0.2, 0.25) is 5.95 Å². The minimum Gasteiger partial charge on any atom is -0.354 e. The van der Waals surface area contributed by atoms with Gasteiger partial charge >= 0.3 is 5.69 Å². The predicted molar refractivity (Wildman–Crippen MR) is 73.4 cm³/mol. The van der Waals surface area contributed by atoms with E-state index in [-0.39, 0.29) is 10.7 Å². The number of anilines is 1. The molecule has 0 spiro atoms. The fraction of sp³-hybridized carbons (Fsp3) is 0.455. The number of hydrogen-bond donors (Lipinski definition) is 2. The summed E-state index contributed by atoms with van der Waals surface area (Å²) in [7, 11) is 0. The molecule has 0 atom stereocenters. The lowest BCUT2D eigenvalue weighted by molar-refractivity contribution is 0.575. The molecule has 0 aliphatic rings. The summed E-state index contributed by atoms with van der Waals surface area (Å²) in [5.74, 6) is -0.202. The van der Waals surface area contributed by atoms with Gasteiger partial charge in [-0.2, -0.15) is 0 Å². The van der Waals surface area contributed by atoms with Crippen molar-refractivity contribution in [1.82, 2.24) is 24.7 Å². The second kappa shape index (κ2) is 6.51. The van der Waals surface area contributed by atoms with Crippen molar-refractivity contribution < 1.29 is 4.39 Å². The van der Waals surface area contributed by atoms with Crippen LogP contribution in [0.1, 0.15) is 20.3 Å². The zero-order valence-corrected chi connectivity index (χ0v) is 12.0. The van der Waals surface area contributed by atoms with Crippen molar-refractivity contribution in [2.24, 2.45) is 0 Å². The zero-order valence-electron chi connectivity index (χ0n) is 11.2. The second-order valence-corrected chi connectivity index (χ2v) is 4.90. The Bertz CT molecular complexity index is 640. The Kier molecular flexibility index (Phi) is 4.72. The van der Waals surface area contributed by atoms with Crippen LogP contribution in [-0.4, -0.2) is 31.3 Å². The highest BCUT2D eigenvalue weighted by Crippen LogP contribution is 2.26. The fourth-order valence-corrected chi connectivity index (χ4v) is 2.39. The largest absolute Gasteiger partial charge is 0.354 e. The number of nitrogens with zero attached hydrogens (tertiary/aromatic N) is 4. The summed E-state index contributed by atoms with van der Waals surface area (Å²) < 4.78 is 15.2. The van der Waals surface area contributed by atoms with E-state index in [1.165, 1.54) is 4.57 Å². The van der Waals surface area contributed by atoms with E-state index in [9.17, 15) is 9.18 Å². The first-order valence-corrected chi connectivity index (χ1v) is 7.06. The van der Waals surface area contributed by atoms with Crippen LogP contribution in [-0.2, 0) is 6.54 Å². The number of nitrogens with one attached hydrogen (secondary N) is 2. The van der Waals surface area contributed by atoms with Crippen LogP contribution in [0.15, 0.2) is 21.2 Å². The van der Waals surface area contributed by atoms with Crippen LogP contribution in [0.2, 0.25) is 0 Å². The average molecular weight is 298 g/mol. The van der Waals surface area contributed by atoms with E-state index < -0.39 is 5.82 Å². The lowest BCUT2D eigenvalue weighted by Crippen LogP contribution is -2.17. The van der Waals surface area contributed by atoms with Crippen LogP contribution >= 0.6 is 11.8 Å². The van der Waals surface area contributed by atoms with Crippen molar-refractivity contribution in [3.05, 3.63) is 22.5 Å². The molecule has 2 N–H and O–H groups in total. The van der Waals surface area contributed by atoms with Crippen molar-refractivity contribution in [2.45, 2.75) is 37.0 Å². The molecule has 2 heterocycles. The number of H-pyrrole nitrogens is 1.